The predicted molar refractivity (Wildman–Crippen MR) is 145 cm³/mol. The molecule has 0 aromatic heterocycles. The third-order valence-electron chi connectivity index (χ3n) is 5.79. The number of rotatable bonds is 11. The highest BCUT2D eigenvalue weighted by atomic mass is 32.3. The molecule has 0 saturated carbocycles. The summed E-state index contributed by atoms with van der Waals surface area (Å²) >= 11 is 0. The summed E-state index contributed by atoms with van der Waals surface area (Å²) in [5.41, 5.74) is 5.84. The normalized spacial score (nSPS) is 11.7. The molecule has 0 bridgehead atoms. The number of aryl methyl sites for hydroxylation is 1. The van der Waals surface area contributed by atoms with E-state index in [2.05, 4.69) is 24.8 Å². The van der Waals surface area contributed by atoms with Gasteiger partial charge in [-0.3, -0.25) is 0 Å². The van der Waals surface area contributed by atoms with Gasteiger partial charge in [0.2, 0.25) is 0 Å². The maximum Gasteiger partial charge on any atom is 0.277 e. The molecule has 7 heteroatoms. The smallest absolute Gasteiger partial charge is 0.200 e. The van der Waals surface area contributed by atoms with Crippen molar-refractivity contribution in [3.05, 3.63) is 108 Å². The summed E-state index contributed by atoms with van der Waals surface area (Å²) in [6.07, 6.45) is 5.52. The van der Waals surface area contributed by atoms with Crippen LogP contribution in [-0.2, 0) is 26.5 Å². The van der Waals surface area contributed by atoms with Crippen LogP contribution >= 0.6 is 0 Å². The Morgan fingerprint density at radius 1 is 0.778 bits per heavy atom. The first-order valence-corrected chi connectivity index (χ1v) is 15.0. The Balaban J connectivity index is 2.12. The van der Waals surface area contributed by atoms with E-state index in [9.17, 15) is 16.8 Å². The second-order valence-corrected chi connectivity index (χ2v) is 12.7. The quantitative estimate of drug-likeness (QED) is 0.208. The Morgan fingerprint density at radius 2 is 1.28 bits per heavy atom. The Bertz CT molecular complexity index is 1340. The molecule has 0 N–H and O–H groups in total. The number of benzene rings is 3. The van der Waals surface area contributed by atoms with Crippen LogP contribution in [0.25, 0.3) is 5.57 Å². The summed E-state index contributed by atoms with van der Waals surface area (Å²) < 4.78 is 54.5. The monoisotopic (exact) mass is 523 g/mol. The lowest BCUT2D eigenvalue weighted by Crippen LogP contribution is -2.32. The molecule has 0 saturated heterocycles. The zero-order valence-electron chi connectivity index (χ0n) is 21.0. The molecule has 3 aromatic rings. The fourth-order valence-electron chi connectivity index (χ4n) is 3.80. The molecule has 0 atom stereocenters. The van der Waals surface area contributed by atoms with Crippen molar-refractivity contribution < 1.29 is 16.8 Å². The summed E-state index contributed by atoms with van der Waals surface area (Å²) in [5, 5.41) is 0. The van der Waals surface area contributed by atoms with Crippen LogP contribution in [-0.4, -0.2) is 20.5 Å². The van der Waals surface area contributed by atoms with Gasteiger partial charge in [-0.15, -0.1) is 0 Å². The first-order chi connectivity index (χ1) is 17.2. The van der Waals surface area contributed by atoms with Crippen LogP contribution in [0.2, 0.25) is 0 Å². The maximum atomic E-state index is 13.5. The molecule has 3 aromatic carbocycles. The van der Waals surface area contributed by atoms with Gasteiger partial charge in [0, 0.05) is 5.57 Å². The van der Waals surface area contributed by atoms with Gasteiger partial charge in [-0.1, -0.05) is 100 Å². The summed E-state index contributed by atoms with van der Waals surface area (Å²) in [6.45, 7) is 6.11. The maximum absolute atomic E-state index is 13.5. The van der Waals surface area contributed by atoms with Crippen molar-refractivity contribution in [2.75, 3.05) is 0 Å². The van der Waals surface area contributed by atoms with E-state index in [1.807, 2.05) is 26.0 Å². The number of hydrogen-bond acceptors (Lipinski definition) is 4. The second-order valence-electron chi connectivity index (χ2n) is 8.86. The van der Waals surface area contributed by atoms with E-state index >= 15 is 0 Å². The zero-order valence-corrected chi connectivity index (χ0v) is 22.6. The Labute approximate surface area is 215 Å². The molecule has 36 heavy (non-hydrogen) atoms. The van der Waals surface area contributed by atoms with Crippen molar-refractivity contribution in [2.24, 2.45) is 5.92 Å². The van der Waals surface area contributed by atoms with Gasteiger partial charge in [-0.25, -0.2) is 16.8 Å². The van der Waals surface area contributed by atoms with E-state index in [1.54, 1.807) is 36.4 Å². The zero-order chi connectivity index (χ0) is 26.2. The number of hydrogen-bond donors (Lipinski definition) is 0. The number of unbranched alkanes of at least 4 members (excludes halogenated alkanes) is 2. The SMILES string of the molecule is CCCCCc1ccc(C(=C=CN(S(=O)(=O)c2ccccc2)S(=O)(=O)c2ccccc2)C(C)C)cc1. The van der Waals surface area contributed by atoms with Crippen molar-refractivity contribution in [2.45, 2.75) is 56.2 Å². The second kappa shape index (κ2) is 12.2. The fourth-order valence-corrected chi connectivity index (χ4v) is 7.15. The molecule has 3 rings (SSSR count). The van der Waals surface area contributed by atoms with Crippen molar-refractivity contribution in [3.8, 4) is 0 Å². The minimum Gasteiger partial charge on any atom is -0.200 e. The summed E-state index contributed by atoms with van der Waals surface area (Å²) in [5.74, 6) is -0.0205. The van der Waals surface area contributed by atoms with E-state index < -0.39 is 20.0 Å². The van der Waals surface area contributed by atoms with E-state index in [0.717, 1.165) is 31.0 Å². The Hall–Kier alpha value is -3.12. The van der Waals surface area contributed by atoms with Crippen molar-refractivity contribution in [1.82, 2.24) is 3.71 Å². The molecular weight excluding hydrogens is 490 g/mol. The lowest BCUT2D eigenvalue weighted by molar-refractivity contribution is 0.537. The lowest BCUT2D eigenvalue weighted by atomic mass is 9.95. The molecule has 5 nitrogen and oxygen atoms in total. The van der Waals surface area contributed by atoms with Gasteiger partial charge < -0.3 is 0 Å². The van der Waals surface area contributed by atoms with Crippen LogP contribution in [0.5, 0.6) is 0 Å². The van der Waals surface area contributed by atoms with Gasteiger partial charge in [-0.05, 0) is 54.2 Å². The topological polar surface area (TPSA) is 71.5 Å². The fraction of sp³-hybridized carbons (Fsp3) is 0.276. The van der Waals surface area contributed by atoms with E-state index in [4.69, 9.17) is 0 Å². The standard InChI is InChI=1S/C29H33NO4S2/c1-4-5-8-13-25-18-20-26(21-19-25)29(24(2)3)22-23-30(35(31,32)27-14-9-6-10-15-27)36(33,34)28-16-11-7-12-17-28/h6-7,9-12,14-21,23-24H,4-5,8,13H2,1-3H3. The van der Waals surface area contributed by atoms with Gasteiger partial charge in [0.15, 0.2) is 0 Å². The average Bonchev–Trinajstić information content (AvgIpc) is 2.88. The molecule has 0 aliphatic carbocycles. The molecule has 0 aliphatic rings. The molecule has 190 valence electrons. The largest absolute Gasteiger partial charge is 0.277 e. The number of nitrogens with zero attached hydrogens (tertiary/aromatic N) is 1. The lowest BCUT2D eigenvalue weighted by Gasteiger charge is -2.20. The molecule has 0 unspecified atom stereocenters. The van der Waals surface area contributed by atoms with Crippen LogP contribution in [0, 0.1) is 5.92 Å². The van der Waals surface area contributed by atoms with Gasteiger partial charge >= 0.3 is 0 Å². The molecule has 0 aliphatic heterocycles. The highest BCUT2D eigenvalue weighted by Crippen LogP contribution is 2.27. The van der Waals surface area contributed by atoms with Crippen LogP contribution in [0.1, 0.15) is 51.2 Å². The third-order valence-corrected chi connectivity index (χ3v) is 9.86. The van der Waals surface area contributed by atoms with Crippen LogP contribution in [0.3, 0.4) is 0 Å². The van der Waals surface area contributed by atoms with E-state index in [-0.39, 0.29) is 15.7 Å². The summed E-state index contributed by atoms with van der Waals surface area (Å²) in [6, 6.07) is 23.2. The Kier molecular flexibility index (Phi) is 9.32. The molecule has 0 radical (unpaired) electrons. The number of allylic oxidation sites excluding steroid dienone is 1. The van der Waals surface area contributed by atoms with Crippen molar-refractivity contribution in [1.29, 1.82) is 0 Å². The minimum atomic E-state index is -4.42. The van der Waals surface area contributed by atoms with Crippen LogP contribution in [0.4, 0.5) is 0 Å². The highest BCUT2D eigenvalue weighted by molar-refractivity contribution is 8.04. The van der Waals surface area contributed by atoms with Gasteiger partial charge in [0.1, 0.15) is 0 Å². The average molecular weight is 524 g/mol. The molecule has 0 heterocycles. The Morgan fingerprint density at radius 3 is 1.72 bits per heavy atom. The minimum absolute atomic E-state index is 0.0205. The summed E-state index contributed by atoms with van der Waals surface area (Å²) in [4.78, 5) is -0.241. The molecule has 0 spiro atoms. The van der Waals surface area contributed by atoms with Crippen LogP contribution < -0.4 is 0 Å². The molecular formula is C29H33NO4S2. The number of sulfonamides is 2. The van der Waals surface area contributed by atoms with E-state index in [0.29, 0.717) is 9.28 Å². The summed E-state index contributed by atoms with van der Waals surface area (Å²) in [7, 11) is -8.83. The van der Waals surface area contributed by atoms with Gasteiger partial charge in [0.05, 0.1) is 16.0 Å². The predicted octanol–water partition coefficient (Wildman–Crippen LogP) is 6.65. The van der Waals surface area contributed by atoms with Crippen molar-refractivity contribution >= 4 is 25.6 Å². The van der Waals surface area contributed by atoms with Crippen LogP contribution in [0.15, 0.2) is 107 Å². The van der Waals surface area contributed by atoms with Gasteiger partial charge in [0.25, 0.3) is 20.0 Å². The first kappa shape index (κ1) is 27.5. The van der Waals surface area contributed by atoms with Gasteiger partial charge in [-0.2, -0.15) is 3.71 Å². The van der Waals surface area contributed by atoms with E-state index in [1.165, 1.54) is 36.2 Å². The third kappa shape index (κ3) is 6.55. The first-order valence-electron chi connectivity index (χ1n) is 12.1. The highest BCUT2D eigenvalue weighted by Gasteiger charge is 2.33. The van der Waals surface area contributed by atoms with Crippen molar-refractivity contribution in [3.63, 3.8) is 0 Å². The molecule has 0 fully saturated rings. The molecule has 0 amide bonds.